The number of benzene rings is 1. The van der Waals surface area contributed by atoms with Crippen LogP contribution < -0.4 is 5.32 Å². The first-order valence-electron chi connectivity index (χ1n) is 7.02. The number of fused-ring (bicyclic) bond motifs is 1. The zero-order chi connectivity index (χ0) is 15.7. The van der Waals surface area contributed by atoms with Crippen LogP contribution in [0.4, 0.5) is 5.69 Å². The van der Waals surface area contributed by atoms with Gasteiger partial charge in [-0.25, -0.2) is 4.98 Å². The van der Waals surface area contributed by atoms with E-state index in [0.29, 0.717) is 0 Å². The molecule has 0 atom stereocenters. The maximum atomic E-state index is 12.2. The number of carbonyl (C=O) groups is 1. The molecule has 1 amide bonds. The van der Waals surface area contributed by atoms with E-state index in [1.807, 2.05) is 61.0 Å². The first kappa shape index (κ1) is 15.0. The minimum absolute atomic E-state index is 0.0506. The Morgan fingerprint density at radius 3 is 2.82 bits per heavy atom. The highest BCUT2D eigenvalue weighted by molar-refractivity contribution is 14.1. The Balaban J connectivity index is 1.77. The third-order valence-corrected chi connectivity index (χ3v) is 4.20. The van der Waals surface area contributed by atoms with Crippen molar-refractivity contribution in [3.05, 3.63) is 63.1 Å². The van der Waals surface area contributed by atoms with Crippen LogP contribution in [0.25, 0.3) is 5.65 Å². The molecule has 0 unspecified atom stereocenters. The second-order valence-electron chi connectivity index (χ2n) is 5.34. The number of carbonyl (C=O) groups excluding carboxylic acids is 1. The Kier molecular flexibility index (Phi) is 4.15. The summed E-state index contributed by atoms with van der Waals surface area (Å²) in [5.41, 5.74) is 4.69. The molecule has 0 aliphatic carbocycles. The molecule has 0 fully saturated rings. The standard InChI is InChI=1S/C17H16IN3O/c1-11-4-3-7-21-10-14(19-17(11)21)9-16(22)20-15-6-5-13(18)8-12(15)2/h3-8,10H,9H2,1-2H3,(H,20,22). The van der Waals surface area contributed by atoms with Crippen molar-refractivity contribution in [1.82, 2.24) is 9.38 Å². The van der Waals surface area contributed by atoms with Crippen LogP contribution in [-0.4, -0.2) is 15.3 Å². The molecule has 4 nitrogen and oxygen atoms in total. The van der Waals surface area contributed by atoms with E-state index >= 15 is 0 Å². The number of rotatable bonds is 3. The second-order valence-corrected chi connectivity index (χ2v) is 6.58. The van der Waals surface area contributed by atoms with Crippen molar-refractivity contribution in [3.63, 3.8) is 0 Å². The Morgan fingerprint density at radius 1 is 1.27 bits per heavy atom. The number of imidazole rings is 1. The fourth-order valence-corrected chi connectivity index (χ4v) is 3.06. The molecule has 22 heavy (non-hydrogen) atoms. The second kappa shape index (κ2) is 6.08. The first-order chi connectivity index (χ1) is 10.5. The van der Waals surface area contributed by atoms with Crippen molar-refractivity contribution in [3.8, 4) is 0 Å². The monoisotopic (exact) mass is 405 g/mol. The number of nitrogens with one attached hydrogen (secondary N) is 1. The van der Waals surface area contributed by atoms with E-state index in [0.717, 1.165) is 31.7 Å². The van der Waals surface area contributed by atoms with Gasteiger partial charge in [0, 0.05) is 21.7 Å². The number of anilines is 1. The average molecular weight is 405 g/mol. The topological polar surface area (TPSA) is 46.4 Å². The van der Waals surface area contributed by atoms with Crippen LogP contribution in [0.15, 0.2) is 42.7 Å². The summed E-state index contributed by atoms with van der Waals surface area (Å²) in [5, 5.41) is 2.95. The maximum absolute atomic E-state index is 12.2. The van der Waals surface area contributed by atoms with Crippen molar-refractivity contribution in [2.24, 2.45) is 0 Å². The van der Waals surface area contributed by atoms with Gasteiger partial charge in [-0.2, -0.15) is 0 Å². The minimum Gasteiger partial charge on any atom is -0.326 e. The van der Waals surface area contributed by atoms with Gasteiger partial charge < -0.3 is 9.72 Å². The number of nitrogens with zero attached hydrogens (tertiary/aromatic N) is 2. The molecule has 3 aromatic rings. The van der Waals surface area contributed by atoms with Gasteiger partial charge in [0.2, 0.25) is 5.91 Å². The molecule has 1 aromatic carbocycles. The van der Waals surface area contributed by atoms with Crippen molar-refractivity contribution in [2.45, 2.75) is 20.3 Å². The van der Waals surface area contributed by atoms with Crippen LogP contribution in [0.5, 0.6) is 0 Å². The van der Waals surface area contributed by atoms with Crippen LogP contribution in [0.2, 0.25) is 0 Å². The Labute approximate surface area is 142 Å². The summed E-state index contributed by atoms with van der Waals surface area (Å²) in [5.74, 6) is -0.0506. The molecule has 0 saturated carbocycles. The van der Waals surface area contributed by atoms with Gasteiger partial charge in [0.1, 0.15) is 5.65 Å². The average Bonchev–Trinajstić information content (AvgIpc) is 2.86. The van der Waals surface area contributed by atoms with Gasteiger partial charge in [-0.3, -0.25) is 4.79 Å². The lowest BCUT2D eigenvalue weighted by Crippen LogP contribution is -2.15. The van der Waals surface area contributed by atoms with E-state index in [-0.39, 0.29) is 12.3 Å². The molecule has 1 N–H and O–H groups in total. The quantitative estimate of drug-likeness (QED) is 0.675. The molecule has 2 heterocycles. The molecule has 0 bridgehead atoms. The third-order valence-electron chi connectivity index (χ3n) is 3.53. The summed E-state index contributed by atoms with van der Waals surface area (Å²) < 4.78 is 3.11. The summed E-state index contributed by atoms with van der Waals surface area (Å²) in [7, 11) is 0. The fourth-order valence-electron chi connectivity index (χ4n) is 2.42. The third kappa shape index (κ3) is 3.14. The molecule has 0 radical (unpaired) electrons. The Bertz CT molecular complexity index is 854. The van der Waals surface area contributed by atoms with Crippen molar-refractivity contribution < 1.29 is 4.79 Å². The summed E-state index contributed by atoms with van der Waals surface area (Å²) in [6.07, 6.45) is 4.12. The highest BCUT2D eigenvalue weighted by Crippen LogP contribution is 2.18. The minimum atomic E-state index is -0.0506. The maximum Gasteiger partial charge on any atom is 0.230 e. The first-order valence-corrected chi connectivity index (χ1v) is 8.10. The van der Waals surface area contributed by atoms with Crippen LogP contribution >= 0.6 is 22.6 Å². The molecule has 0 spiro atoms. The summed E-state index contributed by atoms with van der Waals surface area (Å²) >= 11 is 2.26. The van der Waals surface area contributed by atoms with E-state index in [1.165, 1.54) is 0 Å². The van der Waals surface area contributed by atoms with Crippen molar-refractivity contribution in [1.29, 1.82) is 0 Å². The van der Waals surface area contributed by atoms with E-state index in [1.54, 1.807) is 0 Å². The number of halogens is 1. The van der Waals surface area contributed by atoms with E-state index < -0.39 is 0 Å². The molecule has 3 rings (SSSR count). The van der Waals surface area contributed by atoms with Gasteiger partial charge in [0.05, 0.1) is 12.1 Å². The zero-order valence-electron chi connectivity index (χ0n) is 12.4. The van der Waals surface area contributed by atoms with E-state index in [2.05, 4.69) is 32.9 Å². The van der Waals surface area contributed by atoms with Gasteiger partial charge in [-0.1, -0.05) is 6.07 Å². The van der Waals surface area contributed by atoms with Crippen LogP contribution in [-0.2, 0) is 11.2 Å². The summed E-state index contributed by atoms with van der Waals surface area (Å²) in [4.78, 5) is 16.7. The zero-order valence-corrected chi connectivity index (χ0v) is 14.6. The molecule has 0 aliphatic rings. The molecule has 112 valence electrons. The Morgan fingerprint density at radius 2 is 2.09 bits per heavy atom. The van der Waals surface area contributed by atoms with Gasteiger partial charge in [-0.05, 0) is 71.8 Å². The number of aromatic nitrogens is 2. The SMILES string of the molecule is Cc1cc(I)ccc1NC(=O)Cc1cn2cccc(C)c2n1. The van der Waals surface area contributed by atoms with E-state index in [4.69, 9.17) is 0 Å². The number of hydrogen-bond donors (Lipinski definition) is 1. The molecular formula is C17H16IN3O. The van der Waals surface area contributed by atoms with E-state index in [9.17, 15) is 4.79 Å². The predicted octanol–water partition coefficient (Wildman–Crippen LogP) is 3.74. The molecule has 0 aliphatic heterocycles. The number of amides is 1. The van der Waals surface area contributed by atoms with Gasteiger partial charge in [-0.15, -0.1) is 0 Å². The van der Waals surface area contributed by atoms with Crippen LogP contribution in [0, 0.1) is 17.4 Å². The van der Waals surface area contributed by atoms with Crippen molar-refractivity contribution in [2.75, 3.05) is 5.32 Å². The molecular weight excluding hydrogens is 389 g/mol. The normalized spacial score (nSPS) is 10.9. The Hall–Kier alpha value is -1.89. The lowest BCUT2D eigenvalue weighted by molar-refractivity contribution is -0.115. The van der Waals surface area contributed by atoms with Crippen molar-refractivity contribution >= 4 is 39.8 Å². The lowest BCUT2D eigenvalue weighted by atomic mass is 10.2. The largest absolute Gasteiger partial charge is 0.326 e. The fraction of sp³-hybridized carbons (Fsp3) is 0.176. The summed E-state index contributed by atoms with van der Waals surface area (Å²) in [6.45, 7) is 4.01. The molecule has 5 heteroatoms. The molecule has 0 saturated heterocycles. The molecule has 2 aromatic heterocycles. The summed E-state index contributed by atoms with van der Waals surface area (Å²) in [6, 6.07) is 9.95. The number of aryl methyl sites for hydroxylation is 2. The predicted molar refractivity (Wildman–Crippen MR) is 96.2 cm³/mol. The lowest BCUT2D eigenvalue weighted by Gasteiger charge is -2.07. The van der Waals surface area contributed by atoms with Gasteiger partial charge in [0.15, 0.2) is 0 Å². The van der Waals surface area contributed by atoms with Crippen LogP contribution in [0.3, 0.4) is 0 Å². The smallest absolute Gasteiger partial charge is 0.230 e. The van der Waals surface area contributed by atoms with Gasteiger partial charge in [0.25, 0.3) is 0 Å². The van der Waals surface area contributed by atoms with Crippen LogP contribution in [0.1, 0.15) is 16.8 Å². The number of pyridine rings is 1. The number of hydrogen-bond acceptors (Lipinski definition) is 2. The highest BCUT2D eigenvalue weighted by atomic mass is 127. The van der Waals surface area contributed by atoms with Gasteiger partial charge >= 0.3 is 0 Å². The highest BCUT2D eigenvalue weighted by Gasteiger charge is 2.10.